The van der Waals surface area contributed by atoms with Crippen molar-refractivity contribution in [2.24, 2.45) is 22.0 Å². The molecule has 92 heavy (non-hydrogen) atoms. The number of benzene rings is 3. The third-order valence-electron chi connectivity index (χ3n) is 18.1. The SMILES string of the molecule is Cc1c(-c2ccc(-c3ccc4c(c3)N(C(=O)Nc3nc5ccccc5s3)CCC4)nc2C(=O)O)cnn1CC12CC3(C)CC(C)(C1)CC(OCCN(C)C(=O)OCc1ccc(O[C@@H]4O[C@H](C(=O)O)[C@@H](O)[C@H](O)[C@H]4O)cc1OCCCNC(=O)C(N)CS(=O)(=O)O)(C3)C2. The number of amides is 4. The van der Waals surface area contributed by atoms with E-state index in [1.807, 2.05) is 54.1 Å². The topological polar surface area (TPSA) is 387 Å². The average Bonchev–Trinajstić information content (AvgIpc) is 0.707. The molecule has 1 saturated heterocycles. The summed E-state index contributed by atoms with van der Waals surface area (Å²) in [5.74, 6) is -4.57. The van der Waals surface area contributed by atoms with E-state index in [2.05, 4.69) is 29.5 Å². The zero-order valence-electron chi connectivity index (χ0n) is 51.1. The van der Waals surface area contributed by atoms with Crippen LogP contribution in [-0.4, -0.2) is 181 Å². The van der Waals surface area contributed by atoms with Crippen LogP contribution in [0.4, 0.5) is 20.4 Å². The lowest BCUT2D eigenvalue weighted by Gasteiger charge is -2.69. The first-order valence-corrected chi connectivity index (χ1v) is 32.7. The van der Waals surface area contributed by atoms with Gasteiger partial charge in [-0.3, -0.25) is 24.2 Å². The molecule has 29 heteroatoms. The predicted octanol–water partition coefficient (Wildman–Crippen LogP) is 5.99. The van der Waals surface area contributed by atoms with Crippen LogP contribution in [0.2, 0.25) is 0 Å². The number of hydrogen-bond donors (Lipinski definition) is 9. The molecule has 6 aromatic rings. The van der Waals surface area contributed by atoms with Crippen molar-refractivity contribution in [1.82, 2.24) is 30.0 Å². The number of carbonyl (C=O) groups excluding carboxylic acids is 3. The van der Waals surface area contributed by atoms with Gasteiger partial charge in [-0.25, -0.2) is 29.1 Å². The molecule has 4 aliphatic carbocycles. The van der Waals surface area contributed by atoms with Gasteiger partial charge in [0.05, 0.1) is 46.7 Å². The quantitative estimate of drug-likeness (QED) is 0.0263. The Balaban J connectivity index is 0.732. The highest BCUT2D eigenvalue weighted by Gasteiger charge is 2.66. The number of aromatic carboxylic acids is 1. The zero-order valence-corrected chi connectivity index (χ0v) is 52.8. The molecule has 10 N–H and O–H groups in total. The van der Waals surface area contributed by atoms with E-state index in [0.29, 0.717) is 46.2 Å². The zero-order chi connectivity index (χ0) is 65.7. The van der Waals surface area contributed by atoms with Crippen LogP contribution < -0.4 is 30.7 Å². The number of ether oxygens (including phenoxy) is 5. The Morgan fingerprint density at radius 3 is 2.39 bits per heavy atom. The van der Waals surface area contributed by atoms with E-state index >= 15 is 0 Å². The summed E-state index contributed by atoms with van der Waals surface area (Å²) in [6.45, 7) is 7.61. The van der Waals surface area contributed by atoms with Gasteiger partial charge in [0.2, 0.25) is 12.2 Å². The van der Waals surface area contributed by atoms with E-state index < -0.39 is 82.2 Å². The maximum Gasteiger partial charge on any atom is 0.409 e. The minimum absolute atomic E-state index is 0.0286. The third kappa shape index (κ3) is 14.2. The normalized spacial score (nSPS) is 26.0. The second-order valence-corrected chi connectivity index (χ2v) is 28.4. The van der Waals surface area contributed by atoms with Crippen LogP contribution in [0.1, 0.15) is 92.5 Å². The summed E-state index contributed by atoms with van der Waals surface area (Å²) in [6.07, 6.45) is -1.39. The van der Waals surface area contributed by atoms with Gasteiger partial charge in [0.1, 0.15) is 42.5 Å². The Kier molecular flexibility index (Phi) is 18.5. The van der Waals surface area contributed by atoms with Crippen molar-refractivity contribution in [2.75, 3.05) is 55.9 Å². The molecule has 6 aliphatic rings. The number of likely N-dealkylation sites (N-methyl/N-ethyl adjacent to an activating group) is 1. The van der Waals surface area contributed by atoms with Crippen molar-refractivity contribution in [3.05, 3.63) is 102 Å². The highest BCUT2D eigenvalue weighted by Crippen LogP contribution is 2.72. The number of rotatable bonds is 23. The number of pyridine rings is 1. The highest BCUT2D eigenvalue weighted by atomic mass is 32.2. The molecular formula is C63H75N9O18S2. The van der Waals surface area contributed by atoms with Gasteiger partial charge in [0, 0.05) is 72.9 Å². The number of hydrogen-bond acceptors (Lipinski definition) is 20. The van der Waals surface area contributed by atoms with Gasteiger partial charge < -0.3 is 65.2 Å². The van der Waals surface area contributed by atoms with Gasteiger partial charge in [-0.05, 0) is 129 Å². The Hall–Kier alpha value is -7.87. The summed E-state index contributed by atoms with van der Waals surface area (Å²) >= 11 is 1.40. The second kappa shape index (κ2) is 25.9. The number of aliphatic carboxylic acids is 1. The first kappa shape index (κ1) is 65.6. The van der Waals surface area contributed by atoms with Crippen LogP contribution in [0.15, 0.2) is 79.0 Å². The minimum Gasteiger partial charge on any atom is -0.493 e. The van der Waals surface area contributed by atoms with Gasteiger partial charge in [-0.1, -0.05) is 49.4 Å². The number of carboxylic acid groups (broad SMARTS) is 2. The molecule has 4 amide bonds. The van der Waals surface area contributed by atoms with Gasteiger partial charge in [-0.15, -0.1) is 0 Å². The number of nitrogens with two attached hydrogens (primary N) is 1. The maximum atomic E-state index is 13.8. The van der Waals surface area contributed by atoms with Crippen LogP contribution in [0.25, 0.3) is 32.6 Å². The van der Waals surface area contributed by atoms with E-state index in [1.165, 1.54) is 34.4 Å². The van der Waals surface area contributed by atoms with Crippen molar-refractivity contribution in [3.8, 4) is 33.9 Å². The van der Waals surface area contributed by atoms with E-state index in [0.717, 1.165) is 78.5 Å². The number of aliphatic hydroxyl groups excluding tert-OH is 3. The van der Waals surface area contributed by atoms with Crippen LogP contribution in [0.3, 0.4) is 0 Å². The molecule has 2 aliphatic heterocycles. The van der Waals surface area contributed by atoms with E-state index in [9.17, 15) is 57.9 Å². The van der Waals surface area contributed by atoms with E-state index in [1.54, 1.807) is 30.3 Å². The summed E-state index contributed by atoms with van der Waals surface area (Å²) in [4.78, 5) is 77.0. The lowest BCUT2D eigenvalue weighted by atomic mass is 9.39. The van der Waals surface area contributed by atoms with Crippen LogP contribution >= 0.6 is 11.3 Å². The van der Waals surface area contributed by atoms with Crippen molar-refractivity contribution in [1.29, 1.82) is 0 Å². The number of carboxylic acids is 2. The molecule has 0 radical (unpaired) electrons. The summed E-state index contributed by atoms with van der Waals surface area (Å²) in [5.41, 5.74) is 10.5. The Morgan fingerprint density at radius 1 is 0.902 bits per heavy atom. The average molecular weight is 1310 g/mol. The first-order chi connectivity index (χ1) is 43.6. The number of aryl methyl sites for hydroxylation is 1. The Labute approximate surface area is 533 Å². The van der Waals surface area contributed by atoms with Crippen LogP contribution in [0.5, 0.6) is 11.5 Å². The molecule has 5 heterocycles. The number of thiazole rings is 1. The summed E-state index contributed by atoms with van der Waals surface area (Å²) in [5, 5.41) is 62.2. The van der Waals surface area contributed by atoms with E-state index in [4.69, 9.17) is 44.1 Å². The number of anilines is 2. The van der Waals surface area contributed by atoms with Crippen molar-refractivity contribution < 1.29 is 86.2 Å². The summed E-state index contributed by atoms with van der Waals surface area (Å²) in [6, 6.07) is 19.4. The summed E-state index contributed by atoms with van der Waals surface area (Å²) < 4.78 is 64.1. The highest BCUT2D eigenvalue weighted by molar-refractivity contribution is 7.85. The monoisotopic (exact) mass is 1310 g/mol. The van der Waals surface area contributed by atoms with Gasteiger partial charge in [0.15, 0.2) is 16.9 Å². The fraction of sp³-hybridized carbons (Fsp3) is 0.492. The third-order valence-corrected chi connectivity index (χ3v) is 19.8. The van der Waals surface area contributed by atoms with Gasteiger partial charge >= 0.3 is 24.1 Å². The molecule has 8 atom stereocenters. The number of fused-ring (bicyclic) bond motifs is 2. The van der Waals surface area contributed by atoms with Crippen molar-refractivity contribution >= 4 is 72.5 Å². The number of nitrogens with zero attached hydrogens (tertiary/aromatic N) is 6. The van der Waals surface area contributed by atoms with Crippen molar-refractivity contribution in [2.45, 2.75) is 134 Å². The molecule has 5 fully saturated rings. The number of aliphatic hydroxyl groups is 3. The molecule has 3 aromatic heterocycles. The standard InChI is InChI=1S/C63H75N9O18S2/c1-35-41(40-16-17-43(67-48(40)54(77)78)37-13-12-36-9-7-19-71(45(36)23-37)58(81)69-57-68-44-10-5-6-11-47(44)91-57)25-66-72(35)34-62-29-60(2)28-61(3,30-62)32-63(31-60,33-62)88-22-20-70(4)59(82)87-26-38-14-15-39(89-56-51(75)49(73)50(74)52(90-56)55(79)80)24-46(38)86-21-8-18-65-53(76)42(64)27-92(83,84)85/h5-6,10-17,23-25,42,49-52,56,73-75H,7-9,18-22,26-34,64H2,1-4H3,(H,65,76)(H,77,78)(H,79,80)(H,68,69,81)(H,83,84,85)/t42?,49-,50-,51+,52-,56+,60?,61?,62?,63?/m0/s1. The smallest absolute Gasteiger partial charge is 0.409 e. The van der Waals surface area contributed by atoms with Gasteiger partial charge in [-0.2, -0.15) is 13.5 Å². The number of para-hydroxylation sites is 1. The Bertz CT molecular complexity index is 3890. The fourth-order valence-corrected chi connectivity index (χ4v) is 16.6. The van der Waals surface area contributed by atoms with Crippen LogP contribution in [0, 0.1) is 23.2 Å². The molecule has 27 nitrogen and oxygen atoms in total. The number of carbonyl (C=O) groups is 5. The Morgan fingerprint density at radius 2 is 1.66 bits per heavy atom. The lowest BCUT2D eigenvalue weighted by molar-refractivity contribution is -0.271. The molecule has 492 valence electrons. The molecule has 4 saturated carbocycles. The molecule has 3 unspecified atom stereocenters. The molecule has 4 bridgehead atoms. The number of nitrogens with one attached hydrogen (secondary N) is 2. The molecule has 3 aromatic carbocycles. The number of aromatic nitrogens is 4. The largest absolute Gasteiger partial charge is 0.493 e. The van der Waals surface area contributed by atoms with E-state index in [-0.39, 0.29) is 78.8 Å². The van der Waals surface area contributed by atoms with Crippen molar-refractivity contribution in [3.63, 3.8) is 0 Å². The van der Waals surface area contributed by atoms with Crippen LogP contribution in [-0.2, 0) is 53.5 Å². The minimum atomic E-state index is -4.52. The van der Waals surface area contributed by atoms with Gasteiger partial charge in [0.25, 0.3) is 10.1 Å². The maximum absolute atomic E-state index is 13.8. The predicted molar refractivity (Wildman–Crippen MR) is 334 cm³/mol. The second-order valence-electron chi connectivity index (χ2n) is 25.9. The fourth-order valence-electron chi connectivity index (χ4n) is 15.2. The molecule has 12 rings (SSSR count). The number of urea groups is 1. The molecular weight excluding hydrogens is 1230 g/mol. The first-order valence-electron chi connectivity index (χ1n) is 30.3. The summed E-state index contributed by atoms with van der Waals surface area (Å²) in [7, 11) is -2.93. The molecule has 0 spiro atoms. The lowest BCUT2D eigenvalue weighted by Crippen LogP contribution is -2.64.